The van der Waals surface area contributed by atoms with Gasteiger partial charge >= 0.3 is 0 Å². The van der Waals surface area contributed by atoms with E-state index in [0.29, 0.717) is 31.1 Å². The maximum absolute atomic E-state index is 13.2. The Kier molecular flexibility index (Phi) is 5.82. The van der Waals surface area contributed by atoms with Crippen molar-refractivity contribution in [2.45, 2.75) is 39.2 Å². The van der Waals surface area contributed by atoms with E-state index >= 15 is 0 Å². The van der Waals surface area contributed by atoms with Gasteiger partial charge in [0.1, 0.15) is 6.33 Å². The standard InChI is InChI=1S/C25H29N5O2/c1-18(2)19-9-8-10-20(15-19)23(31)28-13-14-29(25(3,4)16-28)24(32)22-26-17-30(27-22)21-11-6-5-7-12-21/h5-12,15,17-18H,13-14,16H2,1-4H3. The van der Waals surface area contributed by atoms with Gasteiger partial charge in [-0.05, 0) is 49.6 Å². The molecule has 1 aromatic heterocycles. The van der Waals surface area contributed by atoms with Gasteiger partial charge in [0.05, 0.1) is 11.2 Å². The van der Waals surface area contributed by atoms with Crippen molar-refractivity contribution in [3.8, 4) is 5.69 Å². The highest BCUT2D eigenvalue weighted by Gasteiger charge is 2.40. The summed E-state index contributed by atoms with van der Waals surface area (Å²) in [4.78, 5) is 34.2. The van der Waals surface area contributed by atoms with E-state index in [1.54, 1.807) is 15.9 Å². The van der Waals surface area contributed by atoms with Crippen LogP contribution in [0.3, 0.4) is 0 Å². The summed E-state index contributed by atoms with van der Waals surface area (Å²) < 4.78 is 1.60. The number of carbonyl (C=O) groups excluding carboxylic acids is 2. The quantitative estimate of drug-likeness (QED) is 0.631. The number of piperazine rings is 1. The minimum atomic E-state index is -0.543. The topological polar surface area (TPSA) is 71.3 Å². The molecule has 0 atom stereocenters. The lowest BCUT2D eigenvalue weighted by atomic mass is 9.96. The van der Waals surface area contributed by atoms with E-state index in [4.69, 9.17) is 0 Å². The SMILES string of the molecule is CC(C)c1cccc(C(=O)N2CCN(C(=O)c3ncn(-c4ccccc4)n3)C(C)(C)C2)c1. The molecular weight excluding hydrogens is 402 g/mol. The molecule has 0 bridgehead atoms. The van der Waals surface area contributed by atoms with E-state index in [9.17, 15) is 9.59 Å². The fourth-order valence-electron chi connectivity index (χ4n) is 4.10. The van der Waals surface area contributed by atoms with Crippen LogP contribution in [0, 0.1) is 0 Å². The molecule has 7 heteroatoms. The fourth-order valence-corrected chi connectivity index (χ4v) is 4.10. The predicted molar refractivity (Wildman–Crippen MR) is 123 cm³/mol. The number of hydrogen-bond donors (Lipinski definition) is 0. The number of amides is 2. The molecule has 0 unspecified atom stereocenters. The summed E-state index contributed by atoms with van der Waals surface area (Å²) in [5, 5.41) is 4.38. The van der Waals surface area contributed by atoms with E-state index in [-0.39, 0.29) is 17.6 Å². The Balaban J connectivity index is 1.49. The van der Waals surface area contributed by atoms with Gasteiger partial charge in [0.25, 0.3) is 11.8 Å². The van der Waals surface area contributed by atoms with E-state index in [2.05, 4.69) is 23.9 Å². The number of nitrogens with zero attached hydrogens (tertiary/aromatic N) is 5. The third kappa shape index (κ3) is 4.28. The van der Waals surface area contributed by atoms with Gasteiger partial charge in [0.15, 0.2) is 0 Å². The summed E-state index contributed by atoms with van der Waals surface area (Å²) in [5.41, 5.74) is 2.13. The van der Waals surface area contributed by atoms with Crippen molar-refractivity contribution >= 4 is 11.8 Å². The van der Waals surface area contributed by atoms with Crippen molar-refractivity contribution in [1.29, 1.82) is 0 Å². The highest BCUT2D eigenvalue weighted by atomic mass is 16.2. The molecular formula is C25H29N5O2. The number of carbonyl (C=O) groups is 2. The summed E-state index contributed by atoms with van der Waals surface area (Å²) in [6.07, 6.45) is 1.55. The van der Waals surface area contributed by atoms with Crippen molar-refractivity contribution in [1.82, 2.24) is 24.6 Å². The van der Waals surface area contributed by atoms with Gasteiger partial charge in [-0.25, -0.2) is 9.67 Å². The van der Waals surface area contributed by atoms with Gasteiger partial charge in [-0.15, -0.1) is 5.10 Å². The molecule has 1 aliphatic heterocycles. The first-order valence-corrected chi connectivity index (χ1v) is 10.9. The molecule has 1 fully saturated rings. The third-order valence-electron chi connectivity index (χ3n) is 5.94. The molecule has 0 aliphatic carbocycles. The van der Waals surface area contributed by atoms with Crippen LogP contribution in [0.15, 0.2) is 60.9 Å². The molecule has 1 saturated heterocycles. The minimum Gasteiger partial charge on any atom is -0.335 e. The molecule has 7 nitrogen and oxygen atoms in total. The maximum atomic E-state index is 13.2. The molecule has 2 aromatic carbocycles. The van der Waals surface area contributed by atoms with E-state index in [1.165, 1.54) is 0 Å². The molecule has 32 heavy (non-hydrogen) atoms. The molecule has 1 aliphatic rings. The predicted octanol–water partition coefficient (Wildman–Crippen LogP) is 3.77. The number of benzene rings is 2. The second-order valence-corrected chi connectivity index (χ2v) is 9.12. The second-order valence-electron chi connectivity index (χ2n) is 9.12. The van der Waals surface area contributed by atoms with Crippen LogP contribution in [0.5, 0.6) is 0 Å². The first-order chi connectivity index (χ1) is 15.3. The summed E-state index contributed by atoms with van der Waals surface area (Å²) in [5.74, 6) is 0.293. The smallest absolute Gasteiger partial charge is 0.294 e. The summed E-state index contributed by atoms with van der Waals surface area (Å²) in [7, 11) is 0. The summed E-state index contributed by atoms with van der Waals surface area (Å²) >= 11 is 0. The van der Waals surface area contributed by atoms with Crippen LogP contribution in [0.1, 0.15) is 60.2 Å². The average molecular weight is 432 g/mol. The van der Waals surface area contributed by atoms with Gasteiger partial charge in [0.2, 0.25) is 5.82 Å². The molecule has 3 aromatic rings. The Labute approximate surface area is 188 Å². The first-order valence-electron chi connectivity index (χ1n) is 10.9. The summed E-state index contributed by atoms with van der Waals surface area (Å²) in [6.45, 7) is 9.53. The van der Waals surface area contributed by atoms with Crippen molar-refractivity contribution < 1.29 is 9.59 Å². The monoisotopic (exact) mass is 431 g/mol. The van der Waals surface area contributed by atoms with Gasteiger partial charge in [-0.1, -0.05) is 44.2 Å². The Morgan fingerprint density at radius 3 is 2.41 bits per heavy atom. The zero-order valence-electron chi connectivity index (χ0n) is 19.0. The molecule has 0 N–H and O–H groups in total. The Morgan fingerprint density at radius 2 is 1.72 bits per heavy atom. The van der Waals surface area contributed by atoms with Crippen LogP contribution in [-0.4, -0.2) is 61.6 Å². The molecule has 2 heterocycles. The van der Waals surface area contributed by atoms with E-state index in [0.717, 1.165) is 11.3 Å². The van der Waals surface area contributed by atoms with Gasteiger partial charge < -0.3 is 9.80 Å². The fraction of sp³-hybridized carbons (Fsp3) is 0.360. The van der Waals surface area contributed by atoms with Gasteiger partial charge in [-0.2, -0.15) is 0 Å². The van der Waals surface area contributed by atoms with Gasteiger partial charge in [-0.3, -0.25) is 9.59 Å². The lowest BCUT2D eigenvalue weighted by Crippen LogP contribution is -2.62. The molecule has 0 saturated carbocycles. The molecule has 0 radical (unpaired) electrons. The molecule has 2 amide bonds. The van der Waals surface area contributed by atoms with Crippen LogP contribution in [0.2, 0.25) is 0 Å². The lowest BCUT2D eigenvalue weighted by molar-refractivity contribution is 0.0160. The van der Waals surface area contributed by atoms with Crippen molar-refractivity contribution in [2.24, 2.45) is 0 Å². The number of rotatable bonds is 4. The second kappa shape index (κ2) is 8.57. The zero-order chi connectivity index (χ0) is 22.9. The number of para-hydroxylation sites is 1. The normalized spacial score (nSPS) is 15.8. The van der Waals surface area contributed by atoms with Crippen molar-refractivity contribution in [2.75, 3.05) is 19.6 Å². The van der Waals surface area contributed by atoms with Crippen molar-refractivity contribution in [3.63, 3.8) is 0 Å². The van der Waals surface area contributed by atoms with Crippen LogP contribution in [0.4, 0.5) is 0 Å². The molecule has 166 valence electrons. The Hall–Kier alpha value is -3.48. The van der Waals surface area contributed by atoms with Crippen LogP contribution < -0.4 is 0 Å². The Bertz CT molecular complexity index is 1120. The van der Waals surface area contributed by atoms with Crippen LogP contribution in [-0.2, 0) is 0 Å². The van der Waals surface area contributed by atoms with E-state index < -0.39 is 5.54 Å². The highest BCUT2D eigenvalue weighted by Crippen LogP contribution is 2.25. The Morgan fingerprint density at radius 1 is 0.969 bits per heavy atom. The molecule has 4 rings (SSSR count). The van der Waals surface area contributed by atoms with Gasteiger partial charge in [0, 0.05) is 25.2 Å². The van der Waals surface area contributed by atoms with E-state index in [1.807, 2.05) is 73.3 Å². The first kappa shape index (κ1) is 21.7. The maximum Gasteiger partial charge on any atom is 0.294 e. The zero-order valence-corrected chi connectivity index (χ0v) is 19.0. The minimum absolute atomic E-state index is 0.000783. The number of hydrogen-bond acceptors (Lipinski definition) is 4. The third-order valence-corrected chi connectivity index (χ3v) is 5.94. The highest BCUT2D eigenvalue weighted by molar-refractivity contribution is 5.95. The van der Waals surface area contributed by atoms with Crippen LogP contribution in [0.25, 0.3) is 5.69 Å². The largest absolute Gasteiger partial charge is 0.335 e. The number of aromatic nitrogens is 3. The van der Waals surface area contributed by atoms with Crippen LogP contribution >= 0.6 is 0 Å². The lowest BCUT2D eigenvalue weighted by Gasteiger charge is -2.46. The van der Waals surface area contributed by atoms with Crippen molar-refractivity contribution in [3.05, 3.63) is 77.9 Å². The molecule has 0 spiro atoms. The summed E-state index contributed by atoms with van der Waals surface area (Å²) in [6, 6.07) is 17.4. The average Bonchev–Trinajstić information content (AvgIpc) is 3.28.